The first-order chi connectivity index (χ1) is 17.2. The summed E-state index contributed by atoms with van der Waals surface area (Å²) in [5.41, 5.74) is 0.0488. The van der Waals surface area contributed by atoms with Crippen molar-refractivity contribution in [2.24, 2.45) is 0 Å². The van der Waals surface area contributed by atoms with Gasteiger partial charge in [0.15, 0.2) is 0 Å². The van der Waals surface area contributed by atoms with Crippen LogP contribution >= 0.6 is 0 Å². The largest absolute Gasteiger partial charge is 0.515 e. The summed E-state index contributed by atoms with van der Waals surface area (Å²) in [6.07, 6.45) is 1.75. The number of carbonyl (C=O) groups excluding carboxylic acids is 3. The van der Waals surface area contributed by atoms with Gasteiger partial charge in [0.1, 0.15) is 6.10 Å². The van der Waals surface area contributed by atoms with Crippen molar-refractivity contribution in [3.63, 3.8) is 0 Å². The molecule has 2 rings (SSSR count). The molecule has 12 heteroatoms. The number of amides is 2. The fourth-order valence-corrected chi connectivity index (χ4v) is 3.96. The molecule has 0 atom stereocenters. The van der Waals surface area contributed by atoms with E-state index in [1.54, 1.807) is 0 Å². The summed E-state index contributed by atoms with van der Waals surface area (Å²) in [5.74, 6) is -1.50. The number of hydrogen-bond acceptors (Lipinski definition) is 9. The molecule has 11 nitrogen and oxygen atoms in total. The van der Waals surface area contributed by atoms with Crippen LogP contribution in [-0.4, -0.2) is 57.2 Å². The summed E-state index contributed by atoms with van der Waals surface area (Å²) < 4.78 is 42.6. The predicted octanol–water partition coefficient (Wildman–Crippen LogP) is 3.06. The number of carbonyl (C=O) groups is 3. The maximum absolute atomic E-state index is 12.7. The highest BCUT2D eigenvalue weighted by molar-refractivity contribution is 7.90. The molecular formula is C24H31N3O8S. The lowest BCUT2D eigenvalue weighted by Crippen LogP contribution is -2.31. The van der Waals surface area contributed by atoms with Gasteiger partial charge < -0.3 is 19.5 Å². The summed E-state index contributed by atoms with van der Waals surface area (Å²) in [7, 11) is -4.28. The molecule has 0 fully saturated rings. The molecule has 2 amide bonds. The molecule has 0 bridgehead atoms. The number of aromatic nitrogens is 1. The normalized spacial score (nSPS) is 11.1. The van der Waals surface area contributed by atoms with Gasteiger partial charge in [-0.3, -0.25) is 9.59 Å². The van der Waals surface area contributed by atoms with Crippen molar-refractivity contribution < 1.29 is 37.0 Å². The van der Waals surface area contributed by atoms with E-state index in [1.807, 2.05) is 25.5 Å². The number of pyridine rings is 1. The van der Waals surface area contributed by atoms with E-state index in [9.17, 15) is 22.8 Å². The monoisotopic (exact) mass is 521 g/mol. The molecule has 0 aliphatic heterocycles. The Labute approximate surface area is 210 Å². The Hall–Kier alpha value is -3.51. The van der Waals surface area contributed by atoms with Crippen molar-refractivity contribution >= 4 is 28.0 Å². The lowest BCUT2D eigenvalue weighted by atomic mass is 10.2. The lowest BCUT2D eigenvalue weighted by molar-refractivity contribution is 0.0538. The Morgan fingerprint density at radius 3 is 2.39 bits per heavy atom. The van der Waals surface area contributed by atoms with Gasteiger partial charge in [-0.1, -0.05) is 19.9 Å². The molecule has 0 spiro atoms. The Morgan fingerprint density at radius 1 is 1.00 bits per heavy atom. The van der Waals surface area contributed by atoms with Crippen molar-refractivity contribution in [1.82, 2.24) is 15.0 Å². The Kier molecular flexibility index (Phi) is 11.3. The number of nitrogens with one attached hydrogen (secondary N) is 2. The standard InChI is InChI=1S/C24H31N3O8S/c1-4-19(5-2)34-24(30)35-21-12-11-18(16-26-21)23(29)27-36(31,32)20-10-7-9-17(15-20)22(28)25-13-8-14-33-6-3/h7,9-12,15-16,19H,4-6,8,13-14H2,1-3H3,(H,25,28)(H,27,29). The zero-order valence-corrected chi connectivity index (χ0v) is 21.3. The third-order valence-corrected chi connectivity index (χ3v) is 6.28. The van der Waals surface area contributed by atoms with E-state index in [1.165, 1.54) is 36.4 Å². The van der Waals surface area contributed by atoms with Gasteiger partial charge in [-0.05, 0) is 50.5 Å². The molecule has 0 aliphatic rings. The first kappa shape index (κ1) is 28.7. The first-order valence-corrected chi connectivity index (χ1v) is 13.1. The van der Waals surface area contributed by atoms with Gasteiger partial charge in [-0.15, -0.1) is 0 Å². The second-order valence-corrected chi connectivity index (χ2v) is 9.24. The summed E-state index contributed by atoms with van der Waals surface area (Å²) in [4.78, 5) is 40.2. The highest BCUT2D eigenvalue weighted by Crippen LogP contribution is 2.14. The second kappa shape index (κ2) is 14.1. The number of sulfonamides is 1. The van der Waals surface area contributed by atoms with Crippen LogP contribution in [0.25, 0.3) is 0 Å². The van der Waals surface area contributed by atoms with Crippen LogP contribution in [0.3, 0.4) is 0 Å². The quantitative estimate of drug-likeness (QED) is 0.299. The number of nitrogens with zero attached hydrogens (tertiary/aromatic N) is 1. The van der Waals surface area contributed by atoms with Gasteiger partial charge >= 0.3 is 6.16 Å². The topological polar surface area (TPSA) is 150 Å². The molecule has 2 aromatic rings. The third kappa shape index (κ3) is 8.93. The fourth-order valence-electron chi connectivity index (χ4n) is 2.94. The molecule has 1 heterocycles. The van der Waals surface area contributed by atoms with E-state index >= 15 is 0 Å². The number of benzene rings is 1. The van der Waals surface area contributed by atoms with Crippen molar-refractivity contribution in [2.45, 2.75) is 51.0 Å². The van der Waals surface area contributed by atoms with Crippen LogP contribution in [0, 0.1) is 0 Å². The molecule has 1 aromatic heterocycles. The maximum Gasteiger partial charge on any atom is 0.515 e. The zero-order chi connectivity index (χ0) is 26.6. The van der Waals surface area contributed by atoms with E-state index in [2.05, 4.69) is 10.3 Å². The van der Waals surface area contributed by atoms with Crippen LogP contribution in [0.15, 0.2) is 47.5 Å². The minimum absolute atomic E-state index is 0.0810. The van der Waals surface area contributed by atoms with Crippen molar-refractivity contribution in [2.75, 3.05) is 19.8 Å². The van der Waals surface area contributed by atoms with E-state index in [0.717, 1.165) is 6.20 Å². The molecule has 0 unspecified atom stereocenters. The van der Waals surface area contributed by atoms with Crippen molar-refractivity contribution in [1.29, 1.82) is 0 Å². The van der Waals surface area contributed by atoms with E-state index < -0.39 is 28.0 Å². The lowest BCUT2D eigenvalue weighted by Gasteiger charge is -2.13. The number of rotatable bonds is 13. The summed E-state index contributed by atoms with van der Waals surface area (Å²) in [5, 5.41) is 2.68. The van der Waals surface area contributed by atoms with Gasteiger partial charge in [0.05, 0.1) is 10.5 Å². The summed E-state index contributed by atoms with van der Waals surface area (Å²) >= 11 is 0. The van der Waals surface area contributed by atoms with Crippen LogP contribution in [0.2, 0.25) is 0 Å². The average Bonchev–Trinajstić information content (AvgIpc) is 2.87. The highest BCUT2D eigenvalue weighted by Gasteiger charge is 2.21. The molecule has 0 aliphatic carbocycles. The second-order valence-electron chi connectivity index (χ2n) is 7.56. The Balaban J connectivity index is 1.99. The zero-order valence-electron chi connectivity index (χ0n) is 20.5. The van der Waals surface area contributed by atoms with Gasteiger partial charge in [0.2, 0.25) is 5.88 Å². The smallest absolute Gasteiger partial charge is 0.431 e. The van der Waals surface area contributed by atoms with Crippen LogP contribution in [0.5, 0.6) is 5.88 Å². The van der Waals surface area contributed by atoms with Gasteiger partial charge in [-0.25, -0.2) is 22.9 Å². The van der Waals surface area contributed by atoms with Crippen molar-refractivity contribution in [3.8, 4) is 5.88 Å². The Morgan fingerprint density at radius 2 is 1.75 bits per heavy atom. The molecular weight excluding hydrogens is 490 g/mol. The minimum Gasteiger partial charge on any atom is -0.431 e. The predicted molar refractivity (Wildman–Crippen MR) is 130 cm³/mol. The van der Waals surface area contributed by atoms with Crippen molar-refractivity contribution in [3.05, 3.63) is 53.7 Å². The Bertz CT molecular complexity index is 1130. The van der Waals surface area contributed by atoms with E-state index in [0.29, 0.717) is 39.0 Å². The molecule has 196 valence electrons. The average molecular weight is 522 g/mol. The molecule has 0 saturated carbocycles. The maximum atomic E-state index is 12.7. The van der Waals surface area contributed by atoms with Crippen LogP contribution in [0.1, 0.15) is 60.7 Å². The minimum atomic E-state index is -4.28. The van der Waals surface area contributed by atoms with Crippen LogP contribution < -0.4 is 14.8 Å². The summed E-state index contributed by atoms with van der Waals surface area (Å²) in [6.45, 7) is 7.07. The number of ether oxygens (including phenoxy) is 3. The van der Waals surface area contributed by atoms with Gasteiger partial charge in [-0.2, -0.15) is 0 Å². The number of hydrogen-bond donors (Lipinski definition) is 2. The first-order valence-electron chi connectivity index (χ1n) is 11.6. The summed E-state index contributed by atoms with van der Waals surface area (Å²) in [6, 6.07) is 7.81. The third-order valence-electron chi connectivity index (χ3n) is 4.95. The molecule has 1 aromatic carbocycles. The van der Waals surface area contributed by atoms with Crippen LogP contribution in [0.4, 0.5) is 4.79 Å². The van der Waals surface area contributed by atoms with Crippen LogP contribution in [-0.2, 0) is 19.5 Å². The molecule has 0 saturated heterocycles. The van der Waals surface area contributed by atoms with E-state index in [-0.39, 0.29) is 28.0 Å². The molecule has 2 N–H and O–H groups in total. The fraction of sp³-hybridized carbons (Fsp3) is 0.417. The van der Waals surface area contributed by atoms with Gasteiger partial charge in [0.25, 0.3) is 21.8 Å². The molecule has 0 radical (unpaired) electrons. The highest BCUT2D eigenvalue weighted by atomic mass is 32.2. The molecule has 36 heavy (non-hydrogen) atoms. The van der Waals surface area contributed by atoms with E-state index in [4.69, 9.17) is 14.2 Å². The SMILES string of the molecule is CCOCCCNC(=O)c1cccc(S(=O)(=O)NC(=O)c2ccc(OC(=O)OC(CC)CC)nc2)c1. The van der Waals surface area contributed by atoms with Gasteiger partial charge in [0, 0.05) is 37.6 Å².